The number of rotatable bonds is 4. The van der Waals surface area contributed by atoms with E-state index in [2.05, 4.69) is 42.5 Å². The molecule has 2 aromatic heterocycles. The van der Waals surface area contributed by atoms with Gasteiger partial charge in [0.25, 0.3) is 0 Å². The fourth-order valence-corrected chi connectivity index (χ4v) is 3.63. The lowest BCUT2D eigenvalue weighted by atomic mass is 10.3. The van der Waals surface area contributed by atoms with Crippen molar-refractivity contribution in [3.63, 3.8) is 0 Å². The van der Waals surface area contributed by atoms with Gasteiger partial charge in [0.1, 0.15) is 5.01 Å². The van der Waals surface area contributed by atoms with E-state index in [1.807, 2.05) is 11.3 Å². The van der Waals surface area contributed by atoms with Crippen molar-refractivity contribution in [3.05, 3.63) is 27.6 Å². The van der Waals surface area contributed by atoms with Crippen molar-refractivity contribution in [1.29, 1.82) is 0 Å². The van der Waals surface area contributed by atoms with Gasteiger partial charge in [0.05, 0.1) is 10.6 Å². The maximum absolute atomic E-state index is 4.66. The normalized spacial score (nSPS) is 10.9. The van der Waals surface area contributed by atoms with Crippen LogP contribution in [0.3, 0.4) is 0 Å². The molecule has 0 atom stereocenters. The van der Waals surface area contributed by atoms with E-state index in [0.717, 1.165) is 23.8 Å². The average Bonchev–Trinajstić information content (AvgIpc) is 2.82. The lowest BCUT2D eigenvalue weighted by Gasteiger charge is -1.97. The molecule has 0 radical (unpaired) electrons. The summed E-state index contributed by atoms with van der Waals surface area (Å²) in [6.07, 6.45) is 0. The summed E-state index contributed by atoms with van der Waals surface area (Å²) in [5.74, 6) is 0. The topological polar surface area (TPSA) is 24.9 Å². The molecule has 0 aliphatic carbocycles. The van der Waals surface area contributed by atoms with E-state index < -0.39 is 0 Å². The quantitative estimate of drug-likeness (QED) is 0.899. The fourth-order valence-electron chi connectivity index (χ4n) is 1.52. The molecule has 0 aliphatic heterocycles. The van der Waals surface area contributed by atoms with Crippen molar-refractivity contribution in [2.75, 3.05) is 6.54 Å². The van der Waals surface area contributed by atoms with Gasteiger partial charge in [-0.15, -0.1) is 22.7 Å². The third kappa shape index (κ3) is 2.34. The van der Waals surface area contributed by atoms with Crippen molar-refractivity contribution in [1.82, 2.24) is 10.3 Å². The van der Waals surface area contributed by atoms with Gasteiger partial charge in [-0.2, -0.15) is 0 Å². The molecule has 0 bridgehead atoms. The molecule has 4 heteroatoms. The molecular weight excluding hydrogens is 236 g/mol. The average molecular weight is 252 g/mol. The number of nitrogens with one attached hydrogen (secondary N) is 1. The Bertz CT molecular complexity index is 471. The minimum absolute atomic E-state index is 0.935. The molecule has 0 saturated carbocycles. The SMILES string of the molecule is CCNCc1sc(-c2sccc2C)nc1C. The fraction of sp³-hybridized carbons (Fsp3) is 0.417. The first kappa shape index (κ1) is 11.8. The van der Waals surface area contributed by atoms with Crippen LogP contribution in [-0.2, 0) is 6.54 Å². The summed E-state index contributed by atoms with van der Waals surface area (Å²) in [6.45, 7) is 8.30. The van der Waals surface area contributed by atoms with Crippen LogP contribution < -0.4 is 5.32 Å². The van der Waals surface area contributed by atoms with E-state index in [1.165, 1.54) is 15.3 Å². The lowest BCUT2D eigenvalue weighted by molar-refractivity contribution is 0.731. The molecule has 2 heterocycles. The van der Waals surface area contributed by atoms with Crippen molar-refractivity contribution in [2.24, 2.45) is 0 Å². The van der Waals surface area contributed by atoms with E-state index in [0.29, 0.717) is 0 Å². The molecule has 2 nitrogen and oxygen atoms in total. The van der Waals surface area contributed by atoms with Crippen LogP contribution in [0.5, 0.6) is 0 Å². The highest BCUT2D eigenvalue weighted by atomic mass is 32.1. The largest absolute Gasteiger partial charge is 0.312 e. The number of hydrogen-bond acceptors (Lipinski definition) is 4. The Labute approximate surface area is 104 Å². The summed E-state index contributed by atoms with van der Waals surface area (Å²) < 4.78 is 0. The molecular formula is C12H16N2S2. The summed E-state index contributed by atoms with van der Waals surface area (Å²) in [5.41, 5.74) is 2.49. The summed E-state index contributed by atoms with van der Waals surface area (Å²) in [5, 5.41) is 6.65. The van der Waals surface area contributed by atoms with Crippen LogP contribution in [0.2, 0.25) is 0 Å². The van der Waals surface area contributed by atoms with Crippen LogP contribution in [0.25, 0.3) is 9.88 Å². The Hall–Kier alpha value is -0.710. The molecule has 0 fully saturated rings. The van der Waals surface area contributed by atoms with Crippen LogP contribution >= 0.6 is 22.7 Å². The third-order valence-corrected chi connectivity index (χ3v) is 4.81. The van der Waals surface area contributed by atoms with Gasteiger partial charge in [0, 0.05) is 11.4 Å². The highest BCUT2D eigenvalue weighted by molar-refractivity contribution is 7.21. The smallest absolute Gasteiger partial charge is 0.134 e. The van der Waals surface area contributed by atoms with Gasteiger partial charge in [-0.25, -0.2) is 4.98 Å². The molecule has 2 rings (SSSR count). The Morgan fingerprint density at radius 1 is 1.38 bits per heavy atom. The second-order valence-corrected chi connectivity index (χ2v) is 5.74. The van der Waals surface area contributed by atoms with Gasteiger partial charge in [-0.05, 0) is 37.4 Å². The highest BCUT2D eigenvalue weighted by Crippen LogP contribution is 2.33. The summed E-state index contributed by atoms with van der Waals surface area (Å²) in [6, 6.07) is 2.15. The van der Waals surface area contributed by atoms with Gasteiger partial charge in [-0.1, -0.05) is 6.92 Å². The van der Waals surface area contributed by atoms with E-state index >= 15 is 0 Å². The molecule has 2 aromatic rings. The summed E-state index contributed by atoms with van der Waals surface area (Å²) in [4.78, 5) is 7.32. The predicted octanol–water partition coefficient (Wildman–Crippen LogP) is 3.60. The van der Waals surface area contributed by atoms with Crippen LogP contribution in [0, 0.1) is 13.8 Å². The van der Waals surface area contributed by atoms with Crippen molar-refractivity contribution >= 4 is 22.7 Å². The van der Waals surface area contributed by atoms with E-state index in [4.69, 9.17) is 0 Å². The monoisotopic (exact) mass is 252 g/mol. The second kappa shape index (κ2) is 5.08. The first-order valence-electron chi connectivity index (χ1n) is 5.44. The van der Waals surface area contributed by atoms with Gasteiger partial charge >= 0.3 is 0 Å². The lowest BCUT2D eigenvalue weighted by Crippen LogP contribution is -2.11. The summed E-state index contributed by atoms with van der Waals surface area (Å²) in [7, 11) is 0. The molecule has 1 N–H and O–H groups in total. The van der Waals surface area contributed by atoms with E-state index in [1.54, 1.807) is 11.3 Å². The van der Waals surface area contributed by atoms with Gasteiger partial charge < -0.3 is 5.32 Å². The molecule has 0 amide bonds. The number of aryl methyl sites for hydroxylation is 2. The molecule has 16 heavy (non-hydrogen) atoms. The maximum Gasteiger partial charge on any atom is 0.134 e. The minimum Gasteiger partial charge on any atom is -0.312 e. The molecule has 0 unspecified atom stereocenters. The summed E-state index contributed by atoms with van der Waals surface area (Å²) >= 11 is 3.58. The second-order valence-electron chi connectivity index (χ2n) is 3.74. The van der Waals surface area contributed by atoms with Crippen LogP contribution in [0.15, 0.2) is 11.4 Å². The molecule has 0 aromatic carbocycles. The number of aromatic nitrogens is 1. The van der Waals surface area contributed by atoms with Gasteiger partial charge in [0.2, 0.25) is 0 Å². The Morgan fingerprint density at radius 2 is 2.19 bits per heavy atom. The predicted molar refractivity (Wildman–Crippen MR) is 72.3 cm³/mol. The van der Waals surface area contributed by atoms with Gasteiger partial charge in [-0.3, -0.25) is 0 Å². The highest BCUT2D eigenvalue weighted by Gasteiger charge is 2.11. The molecule has 0 spiro atoms. The number of hydrogen-bond donors (Lipinski definition) is 1. The van der Waals surface area contributed by atoms with E-state index in [9.17, 15) is 0 Å². The third-order valence-electron chi connectivity index (χ3n) is 2.48. The Kier molecular flexibility index (Phi) is 3.74. The van der Waals surface area contributed by atoms with Crippen LogP contribution in [0.4, 0.5) is 0 Å². The minimum atomic E-state index is 0.935. The maximum atomic E-state index is 4.66. The first-order chi connectivity index (χ1) is 7.72. The van der Waals surface area contributed by atoms with Crippen molar-refractivity contribution in [2.45, 2.75) is 27.3 Å². The zero-order valence-electron chi connectivity index (χ0n) is 9.83. The zero-order chi connectivity index (χ0) is 11.5. The molecule has 0 saturated heterocycles. The van der Waals surface area contributed by atoms with Crippen molar-refractivity contribution in [3.8, 4) is 9.88 Å². The number of nitrogens with zero attached hydrogens (tertiary/aromatic N) is 1. The molecule has 86 valence electrons. The van der Waals surface area contributed by atoms with Crippen LogP contribution in [-0.4, -0.2) is 11.5 Å². The van der Waals surface area contributed by atoms with Gasteiger partial charge in [0.15, 0.2) is 0 Å². The zero-order valence-corrected chi connectivity index (χ0v) is 11.5. The van der Waals surface area contributed by atoms with Crippen LogP contribution in [0.1, 0.15) is 23.1 Å². The first-order valence-corrected chi connectivity index (χ1v) is 7.13. The Balaban J connectivity index is 2.27. The van der Waals surface area contributed by atoms with Crippen molar-refractivity contribution < 1.29 is 0 Å². The standard InChI is InChI=1S/C12H16N2S2/c1-4-13-7-10-9(3)14-12(16-10)11-8(2)5-6-15-11/h5-6,13H,4,7H2,1-3H3. The molecule has 0 aliphatic rings. The Morgan fingerprint density at radius 3 is 2.81 bits per heavy atom. The van der Waals surface area contributed by atoms with E-state index in [-0.39, 0.29) is 0 Å². The number of thiazole rings is 1. The number of thiophene rings is 1.